The summed E-state index contributed by atoms with van der Waals surface area (Å²) in [5.41, 5.74) is -1.05. The number of thioether (sulfide) groups is 1. The van der Waals surface area contributed by atoms with Crippen LogP contribution < -0.4 is 10.1 Å². The third-order valence-corrected chi connectivity index (χ3v) is 5.55. The number of aromatic nitrogens is 2. The topological polar surface area (TPSA) is 64.1 Å². The minimum atomic E-state index is -1.05. The smallest absolute Gasteiger partial charge is 0.269 e. The fraction of sp³-hybridized carbons (Fsp3) is 0.438. The molecule has 0 aliphatic heterocycles. The number of nitrogens with one attached hydrogen (secondary N) is 1. The lowest BCUT2D eigenvalue weighted by molar-refractivity contribution is -0.128. The lowest BCUT2D eigenvalue weighted by Crippen LogP contribution is -2.42. The first-order chi connectivity index (χ1) is 11.3. The number of nitrogens with zero attached hydrogens (tertiary/aromatic N) is 2. The fourth-order valence-corrected chi connectivity index (χ4v) is 3.50. The van der Waals surface area contributed by atoms with Crippen LogP contribution in [0.5, 0.6) is 5.75 Å². The van der Waals surface area contributed by atoms with Crippen LogP contribution in [0.15, 0.2) is 28.6 Å². The van der Waals surface area contributed by atoms with Gasteiger partial charge in [0.2, 0.25) is 5.13 Å². The van der Waals surface area contributed by atoms with Gasteiger partial charge < -0.3 is 4.74 Å². The number of anilines is 1. The van der Waals surface area contributed by atoms with Crippen LogP contribution in [0.4, 0.5) is 5.13 Å². The highest BCUT2D eigenvalue weighted by Gasteiger charge is 2.31. The predicted molar refractivity (Wildman–Crippen MR) is 100 cm³/mol. The zero-order valence-corrected chi connectivity index (χ0v) is 16.4. The molecule has 0 radical (unpaired) electrons. The Bertz CT molecular complexity index is 687. The number of carbonyl (C=O) groups is 1. The van der Waals surface area contributed by atoms with Crippen molar-refractivity contribution in [2.24, 2.45) is 5.92 Å². The second-order valence-electron chi connectivity index (χ2n) is 6.10. The number of benzene rings is 1. The van der Waals surface area contributed by atoms with Crippen molar-refractivity contribution in [1.82, 2.24) is 10.2 Å². The van der Waals surface area contributed by atoms with Crippen molar-refractivity contribution in [1.29, 1.82) is 0 Å². The van der Waals surface area contributed by atoms with Crippen LogP contribution in [0, 0.1) is 5.92 Å². The van der Waals surface area contributed by atoms with Crippen molar-refractivity contribution in [2.45, 2.75) is 37.6 Å². The van der Waals surface area contributed by atoms with Crippen LogP contribution >= 0.6 is 34.7 Å². The van der Waals surface area contributed by atoms with Crippen molar-refractivity contribution in [3.63, 3.8) is 0 Å². The van der Waals surface area contributed by atoms with Crippen LogP contribution in [0.3, 0.4) is 0 Å². The fourth-order valence-electron chi connectivity index (χ4n) is 1.65. The number of hydrogen-bond donors (Lipinski definition) is 1. The number of hydrogen-bond acceptors (Lipinski definition) is 6. The van der Waals surface area contributed by atoms with Crippen molar-refractivity contribution in [3.8, 4) is 5.75 Å². The quantitative estimate of drug-likeness (QED) is 0.551. The molecule has 0 aliphatic carbocycles. The maximum Gasteiger partial charge on any atom is 0.269 e. The molecule has 1 aromatic carbocycles. The van der Waals surface area contributed by atoms with Gasteiger partial charge in [0.1, 0.15) is 5.75 Å². The summed E-state index contributed by atoms with van der Waals surface area (Å²) in [6.07, 6.45) is 0. The molecule has 0 saturated heterocycles. The van der Waals surface area contributed by atoms with E-state index < -0.39 is 5.60 Å². The van der Waals surface area contributed by atoms with Gasteiger partial charge >= 0.3 is 0 Å². The van der Waals surface area contributed by atoms with E-state index in [0.29, 0.717) is 21.8 Å². The van der Waals surface area contributed by atoms with Gasteiger partial charge in [-0.05, 0) is 44.0 Å². The first kappa shape index (κ1) is 19.0. The molecule has 2 rings (SSSR count). The van der Waals surface area contributed by atoms with Crippen molar-refractivity contribution >= 4 is 45.7 Å². The van der Waals surface area contributed by atoms with Gasteiger partial charge in [0.05, 0.1) is 0 Å². The second kappa shape index (κ2) is 8.18. The molecule has 1 heterocycles. The highest BCUT2D eigenvalue weighted by atomic mass is 35.5. The van der Waals surface area contributed by atoms with E-state index in [-0.39, 0.29) is 5.91 Å². The molecule has 1 amide bonds. The monoisotopic (exact) mass is 385 g/mol. The normalized spacial score (nSPS) is 11.6. The van der Waals surface area contributed by atoms with Crippen LogP contribution in [0.2, 0.25) is 5.02 Å². The second-order valence-corrected chi connectivity index (χ2v) is 8.78. The summed E-state index contributed by atoms with van der Waals surface area (Å²) in [6, 6.07) is 6.88. The Balaban J connectivity index is 1.96. The first-order valence-electron chi connectivity index (χ1n) is 7.48. The minimum Gasteiger partial charge on any atom is -0.478 e. The van der Waals surface area contributed by atoms with Gasteiger partial charge in [0.15, 0.2) is 9.94 Å². The van der Waals surface area contributed by atoms with Crippen LogP contribution in [0.1, 0.15) is 27.7 Å². The highest BCUT2D eigenvalue weighted by Crippen LogP contribution is 2.28. The Morgan fingerprint density at radius 3 is 2.62 bits per heavy atom. The zero-order valence-electron chi connectivity index (χ0n) is 14.0. The summed E-state index contributed by atoms with van der Waals surface area (Å²) in [4.78, 5) is 12.5. The Labute approximate surface area is 155 Å². The molecular weight excluding hydrogens is 366 g/mol. The zero-order chi connectivity index (χ0) is 17.7. The minimum absolute atomic E-state index is 0.283. The highest BCUT2D eigenvalue weighted by molar-refractivity contribution is 8.01. The Morgan fingerprint density at radius 1 is 1.33 bits per heavy atom. The molecule has 0 atom stereocenters. The molecule has 8 heteroatoms. The molecule has 0 fully saturated rings. The molecule has 0 unspecified atom stereocenters. The molecule has 5 nitrogen and oxygen atoms in total. The largest absolute Gasteiger partial charge is 0.478 e. The summed E-state index contributed by atoms with van der Waals surface area (Å²) < 4.78 is 6.60. The van der Waals surface area contributed by atoms with Gasteiger partial charge in [0, 0.05) is 10.8 Å². The average Bonchev–Trinajstić information content (AvgIpc) is 2.95. The maximum atomic E-state index is 12.5. The van der Waals surface area contributed by atoms with Crippen molar-refractivity contribution < 1.29 is 9.53 Å². The summed E-state index contributed by atoms with van der Waals surface area (Å²) in [6.45, 7) is 7.69. The van der Waals surface area contributed by atoms with Crippen LogP contribution in [0.25, 0.3) is 0 Å². The van der Waals surface area contributed by atoms with E-state index in [1.807, 2.05) is 0 Å². The van der Waals surface area contributed by atoms with Gasteiger partial charge in [-0.15, -0.1) is 10.2 Å². The molecule has 24 heavy (non-hydrogen) atoms. The van der Waals surface area contributed by atoms with Gasteiger partial charge in [-0.1, -0.05) is 48.5 Å². The van der Waals surface area contributed by atoms with E-state index in [0.717, 1.165) is 10.1 Å². The molecule has 2 aromatic rings. The van der Waals surface area contributed by atoms with Gasteiger partial charge in [0.25, 0.3) is 5.91 Å². The van der Waals surface area contributed by atoms with E-state index in [4.69, 9.17) is 16.3 Å². The third kappa shape index (κ3) is 5.65. The summed E-state index contributed by atoms with van der Waals surface area (Å²) in [5.74, 6) is 1.83. The molecule has 0 spiro atoms. The molecule has 1 N–H and O–H groups in total. The Kier molecular flexibility index (Phi) is 6.48. The summed E-state index contributed by atoms with van der Waals surface area (Å²) >= 11 is 8.85. The molecular formula is C16H20ClN3O2S2. The van der Waals surface area contributed by atoms with Gasteiger partial charge in [-0.3, -0.25) is 10.1 Å². The van der Waals surface area contributed by atoms with Crippen molar-refractivity contribution in [2.75, 3.05) is 11.1 Å². The van der Waals surface area contributed by atoms with Crippen molar-refractivity contribution in [3.05, 3.63) is 29.3 Å². The van der Waals surface area contributed by atoms with E-state index in [9.17, 15) is 4.79 Å². The number of ether oxygens (including phenoxy) is 1. The van der Waals surface area contributed by atoms with Gasteiger partial charge in [-0.25, -0.2) is 0 Å². The van der Waals surface area contributed by atoms with Crippen LogP contribution in [-0.2, 0) is 4.79 Å². The lowest BCUT2D eigenvalue weighted by atomic mass is 10.1. The van der Waals surface area contributed by atoms with E-state index >= 15 is 0 Å². The van der Waals surface area contributed by atoms with E-state index in [1.54, 1.807) is 49.9 Å². The number of rotatable bonds is 7. The average molecular weight is 386 g/mol. The maximum absolute atomic E-state index is 12.5. The standard InChI is InChI=1S/C16H20ClN3O2S2/c1-10(2)9-23-15-20-19-14(24-15)18-13(21)16(3,4)22-12-7-5-11(17)6-8-12/h5-8,10H,9H2,1-4H3,(H,18,19,21). The van der Waals surface area contributed by atoms with E-state index in [2.05, 4.69) is 29.4 Å². The summed E-state index contributed by atoms with van der Waals surface area (Å²) in [5, 5.41) is 11.9. The lowest BCUT2D eigenvalue weighted by Gasteiger charge is -2.24. The van der Waals surface area contributed by atoms with E-state index in [1.165, 1.54) is 11.3 Å². The summed E-state index contributed by atoms with van der Waals surface area (Å²) in [7, 11) is 0. The molecule has 0 saturated carbocycles. The Hall–Kier alpha value is -1.31. The number of halogens is 1. The third-order valence-electron chi connectivity index (χ3n) is 2.90. The molecule has 1 aromatic heterocycles. The first-order valence-corrected chi connectivity index (χ1v) is 9.66. The van der Waals surface area contributed by atoms with Gasteiger partial charge in [-0.2, -0.15) is 0 Å². The predicted octanol–water partition coefficient (Wildman–Crippen LogP) is 4.74. The number of amides is 1. The SMILES string of the molecule is CC(C)CSc1nnc(NC(=O)C(C)(C)Oc2ccc(Cl)cc2)s1. The molecule has 0 aliphatic rings. The molecule has 130 valence electrons. The Morgan fingerprint density at radius 2 is 2.00 bits per heavy atom. The number of carbonyl (C=O) groups excluding carboxylic acids is 1. The van der Waals surface area contributed by atoms with Crippen LogP contribution in [-0.4, -0.2) is 27.5 Å². The molecule has 0 bridgehead atoms.